The minimum atomic E-state index is -3.97. The van der Waals surface area contributed by atoms with Gasteiger partial charge in [-0.3, -0.25) is 28.2 Å². The average molecular weight is 443 g/mol. The predicted octanol–water partition coefficient (Wildman–Crippen LogP) is 1.49. The second-order valence-corrected chi connectivity index (χ2v) is 8.96. The number of piperidine rings is 1. The van der Waals surface area contributed by atoms with E-state index in [0.717, 1.165) is 5.56 Å². The summed E-state index contributed by atoms with van der Waals surface area (Å²) in [6, 6.07) is 12.4. The van der Waals surface area contributed by atoms with E-state index in [9.17, 15) is 22.8 Å². The molecule has 0 spiro atoms. The Bertz CT molecular complexity index is 1320. The van der Waals surface area contributed by atoms with E-state index >= 15 is 0 Å². The summed E-state index contributed by atoms with van der Waals surface area (Å²) >= 11 is 0. The van der Waals surface area contributed by atoms with E-state index in [0.29, 0.717) is 11.0 Å². The molecule has 1 aliphatic rings. The monoisotopic (exact) mass is 443 g/mol. The molecule has 1 fully saturated rings. The summed E-state index contributed by atoms with van der Waals surface area (Å²) in [5, 5.41) is 2.26. The van der Waals surface area contributed by atoms with Crippen molar-refractivity contribution in [3.05, 3.63) is 64.6 Å². The Labute approximate surface area is 178 Å². The lowest BCUT2D eigenvalue weighted by Gasteiger charge is -2.21. The Morgan fingerprint density at radius 1 is 1.03 bits per heavy atom. The first-order valence-corrected chi connectivity index (χ1v) is 11.2. The van der Waals surface area contributed by atoms with E-state index < -0.39 is 27.8 Å². The van der Waals surface area contributed by atoms with Crippen LogP contribution >= 0.6 is 0 Å². The van der Waals surface area contributed by atoms with E-state index in [-0.39, 0.29) is 36.8 Å². The number of imidazole rings is 1. The first kappa shape index (κ1) is 21.0. The van der Waals surface area contributed by atoms with E-state index in [1.54, 1.807) is 36.4 Å². The van der Waals surface area contributed by atoms with Gasteiger partial charge in [-0.15, -0.1) is 0 Å². The van der Waals surface area contributed by atoms with Gasteiger partial charge in [0, 0.05) is 6.42 Å². The van der Waals surface area contributed by atoms with Crippen LogP contribution in [-0.2, 0) is 30.4 Å². The van der Waals surface area contributed by atoms with Gasteiger partial charge in [0.2, 0.25) is 11.8 Å². The number of imide groups is 1. The molecule has 0 aliphatic carbocycles. The Kier molecular flexibility index (Phi) is 5.50. The Morgan fingerprint density at radius 3 is 2.39 bits per heavy atom. The highest BCUT2D eigenvalue weighted by molar-refractivity contribution is 7.86. The summed E-state index contributed by atoms with van der Waals surface area (Å²) < 4.78 is 32.7. The molecule has 1 saturated heterocycles. The van der Waals surface area contributed by atoms with Crippen LogP contribution in [0.4, 0.5) is 0 Å². The van der Waals surface area contributed by atoms with Gasteiger partial charge in [-0.2, -0.15) is 8.42 Å². The van der Waals surface area contributed by atoms with Gasteiger partial charge in [0.1, 0.15) is 6.04 Å². The highest BCUT2D eigenvalue weighted by atomic mass is 32.2. The molecule has 10 heteroatoms. The largest absolute Gasteiger partial charge is 0.329 e. The third-order valence-electron chi connectivity index (χ3n) is 5.25. The SMILES string of the molecule is Cc1ccc(S(=O)(=O)OCCn2c(=O)n(C3CCC(=O)NC3=O)c3ccccc32)cc1. The predicted molar refractivity (Wildman–Crippen MR) is 112 cm³/mol. The number of rotatable bonds is 6. The zero-order valence-corrected chi connectivity index (χ0v) is 17.6. The van der Waals surface area contributed by atoms with Crippen molar-refractivity contribution in [3.8, 4) is 0 Å². The third kappa shape index (κ3) is 4.04. The van der Waals surface area contributed by atoms with Crippen LogP contribution in [0.15, 0.2) is 58.2 Å². The lowest BCUT2D eigenvalue weighted by molar-refractivity contribution is -0.135. The first-order valence-electron chi connectivity index (χ1n) is 9.77. The molecule has 4 rings (SSSR count). The fourth-order valence-corrected chi connectivity index (χ4v) is 4.59. The number of hydrogen-bond donors (Lipinski definition) is 1. The van der Waals surface area contributed by atoms with E-state index in [4.69, 9.17) is 4.18 Å². The molecular formula is C21H21N3O6S. The van der Waals surface area contributed by atoms with Gasteiger partial charge in [-0.1, -0.05) is 29.8 Å². The third-order valence-corrected chi connectivity index (χ3v) is 6.58. The fraction of sp³-hybridized carbons (Fsp3) is 0.286. The summed E-state index contributed by atoms with van der Waals surface area (Å²) in [5.74, 6) is -0.896. The Balaban J connectivity index is 1.61. The van der Waals surface area contributed by atoms with Crippen molar-refractivity contribution >= 4 is 33.0 Å². The van der Waals surface area contributed by atoms with Crippen LogP contribution in [-0.4, -0.2) is 36.0 Å². The summed E-state index contributed by atoms with van der Waals surface area (Å²) in [7, 11) is -3.97. The van der Waals surface area contributed by atoms with Crippen LogP contribution in [0.1, 0.15) is 24.4 Å². The van der Waals surface area contributed by atoms with Crippen molar-refractivity contribution in [2.24, 2.45) is 0 Å². The number of fused-ring (bicyclic) bond motifs is 1. The lowest BCUT2D eigenvalue weighted by atomic mass is 10.1. The smallest absolute Gasteiger partial charge is 0.295 e. The number of nitrogens with one attached hydrogen (secondary N) is 1. The molecule has 2 heterocycles. The van der Waals surface area contributed by atoms with Crippen molar-refractivity contribution in [2.75, 3.05) is 6.61 Å². The molecule has 0 bridgehead atoms. The Hall–Kier alpha value is -3.24. The zero-order chi connectivity index (χ0) is 22.2. The van der Waals surface area contributed by atoms with Gasteiger partial charge in [0.15, 0.2) is 0 Å². The van der Waals surface area contributed by atoms with Crippen LogP contribution in [0.3, 0.4) is 0 Å². The van der Waals surface area contributed by atoms with Crippen molar-refractivity contribution in [1.29, 1.82) is 0 Å². The number of hydrogen-bond acceptors (Lipinski definition) is 6. The molecule has 0 saturated carbocycles. The number of para-hydroxylation sites is 2. The van der Waals surface area contributed by atoms with Gasteiger partial charge in [-0.25, -0.2) is 4.79 Å². The molecule has 31 heavy (non-hydrogen) atoms. The average Bonchev–Trinajstić information content (AvgIpc) is 3.00. The van der Waals surface area contributed by atoms with Crippen molar-refractivity contribution < 1.29 is 22.2 Å². The molecule has 1 atom stereocenters. The highest BCUT2D eigenvalue weighted by Gasteiger charge is 2.31. The summed E-state index contributed by atoms with van der Waals surface area (Å²) in [6.45, 7) is 1.58. The Morgan fingerprint density at radius 2 is 1.71 bits per heavy atom. The zero-order valence-electron chi connectivity index (χ0n) is 16.8. The lowest BCUT2D eigenvalue weighted by Crippen LogP contribution is -2.44. The van der Waals surface area contributed by atoms with Crippen molar-refractivity contribution in [2.45, 2.75) is 37.2 Å². The fourth-order valence-electron chi connectivity index (χ4n) is 3.69. The number of nitrogens with zero attached hydrogens (tertiary/aromatic N) is 2. The maximum absolute atomic E-state index is 13.1. The molecule has 1 unspecified atom stereocenters. The molecule has 2 aromatic carbocycles. The number of carbonyl (C=O) groups is 2. The standard InChI is InChI=1S/C21H21N3O6S/c1-14-6-8-15(9-7-14)31(28,29)30-13-12-23-16-4-2-3-5-17(16)24(21(23)27)18-10-11-19(25)22-20(18)26/h2-9,18H,10-13H2,1H3,(H,22,25,26). The number of carbonyl (C=O) groups excluding carboxylic acids is 2. The molecule has 162 valence electrons. The van der Waals surface area contributed by atoms with Crippen LogP contribution in [0.25, 0.3) is 11.0 Å². The summed E-state index contributed by atoms with van der Waals surface area (Å²) in [4.78, 5) is 37.0. The number of amides is 2. The van der Waals surface area contributed by atoms with E-state index in [1.807, 2.05) is 6.92 Å². The minimum absolute atomic E-state index is 0.0231. The molecule has 1 aromatic heterocycles. The maximum atomic E-state index is 13.1. The number of aromatic nitrogens is 2. The second-order valence-electron chi connectivity index (χ2n) is 7.35. The maximum Gasteiger partial charge on any atom is 0.329 e. The second kappa shape index (κ2) is 8.12. The molecule has 3 aromatic rings. The number of benzene rings is 2. The molecule has 1 aliphatic heterocycles. The van der Waals surface area contributed by atoms with Crippen LogP contribution in [0, 0.1) is 6.92 Å². The van der Waals surface area contributed by atoms with Crippen molar-refractivity contribution in [1.82, 2.24) is 14.5 Å². The summed E-state index contributed by atoms with van der Waals surface area (Å²) in [5.41, 5.74) is 1.54. The highest BCUT2D eigenvalue weighted by Crippen LogP contribution is 2.23. The summed E-state index contributed by atoms with van der Waals surface area (Å²) in [6.07, 6.45) is 0.358. The molecular weight excluding hydrogens is 422 g/mol. The molecule has 2 amide bonds. The van der Waals surface area contributed by atoms with Gasteiger partial charge in [-0.05, 0) is 37.6 Å². The van der Waals surface area contributed by atoms with Gasteiger partial charge in [0.05, 0.1) is 29.1 Å². The van der Waals surface area contributed by atoms with E-state index in [2.05, 4.69) is 5.32 Å². The van der Waals surface area contributed by atoms with E-state index in [1.165, 1.54) is 21.3 Å². The minimum Gasteiger partial charge on any atom is -0.295 e. The first-order chi connectivity index (χ1) is 14.8. The molecule has 1 N–H and O–H groups in total. The van der Waals surface area contributed by atoms with Crippen LogP contribution in [0.5, 0.6) is 0 Å². The van der Waals surface area contributed by atoms with Crippen LogP contribution < -0.4 is 11.0 Å². The molecule has 9 nitrogen and oxygen atoms in total. The normalized spacial score (nSPS) is 17.1. The quantitative estimate of drug-likeness (QED) is 0.456. The topological polar surface area (TPSA) is 116 Å². The van der Waals surface area contributed by atoms with Gasteiger partial charge < -0.3 is 0 Å². The van der Waals surface area contributed by atoms with Gasteiger partial charge >= 0.3 is 5.69 Å². The van der Waals surface area contributed by atoms with Gasteiger partial charge in [0.25, 0.3) is 10.1 Å². The number of aryl methyl sites for hydroxylation is 1. The van der Waals surface area contributed by atoms with Crippen LogP contribution in [0.2, 0.25) is 0 Å². The molecule has 0 radical (unpaired) electrons. The van der Waals surface area contributed by atoms with Crippen molar-refractivity contribution in [3.63, 3.8) is 0 Å².